The van der Waals surface area contributed by atoms with Gasteiger partial charge < -0.3 is 9.80 Å². The smallest absolute Gasteiger partial charge is 0.223 e. The summed E-state index contributed by atoms with van der Waals surface area (Å²) < 4.78 is 0. The summed E-state index contributed by atoms with van der Waals surface area (Å²) in [6.07, 6.45) is 2.06. The number of nitriles is 1. The summed E-state index contributed by atoms with van der Waals surface area (Å²) in [5.74, 6) is 1.09. The normalized spacial score (nSPS) is 13.9. The quantitative estimate of drug-likeness (QED) is 0.658. The van der Waals surface area contributed by atoms with Crippen LogP contribution in [0.4, 0.5) is 5.82 Å². The summed E-state index contributed by atoms with van der Waals surface area (Å²) in [7, 11) is 0. The molecule has 4 rings (SSSR count). The highest BCUT2D eigenvalue weighted by Gasteiger charge is 2.25. The van der Waals surface area contributed by atoms with Gasteiger partial charge in [-0.1, -0.05) is 60.7 Å². The molecule has 0 radical (unpaired) electrons. The number of nitrogens with zero attached hydrogens (tertiary/aromatic N) is 4. The zero-order valence-corrected chi connectivity index (χ0v) is 16.8. The van der Waals surface area contributed by atoms with Crippen molar-refractivity contribution in [3.63, 3.8) is 0 Å². The van der Waals surface area contributed by atoms with E-state index in [-0.39, 0.29) is 11.8 Å². The minimum atomic E-state index is 0.0538. The molecule has 0 spiro atoms. The predicted octanol–water partition coefficient (Wildman–Crippen LogP) is 3.82. The second-order valence-electron chi connectivity index (χ2n) is 7.46. The molecule has 1 aliphatic rings. The van der Waals surface area contributed by atoms with Crippen LogP contribution in [0.1, 0.15) is 29.0 Å². The monoisotopic (exact) mass is 396 g/mol. The zero-order chi connectivity index (χ0) is 20.8. The van der Waals surface area contributed by atoms with Gasteiger partial charge in [-0.15, -0.1) is 0 Å². The minimum absolute atomic E-state index is 0.0538. The van der Waals surface area contributed by atoms with Crippen molar-refractivity contribution in [2.24, 2.45) is 0 Å². The lowest BCUT2D eigenvalue weighted by Gasteiger charge is -2.36. The fraction of sp³-hybridized carbons (Fsp3) is 0.240. The Labute approximate surface area is 177 Å². The largest absolute Gasteiger partial charge is 0.353 e. The molecule has 0 saturated carbocycles. The van der Waals surface area contributed by atoms with Crippen LogP contribution in [0, 0.1) is 11.3 Å². The molecule has 0 unspecified atom stereocenters. The number of amides is 1. The number of hydrogen-bond donors (Lipinski definition) is 0. The van der Waals surface area contributed by atoms with E-state index >= 15 is 0 Å². The van der Waals surface area contributed by atoms with Crippen LogP contribution in [0.2, 0.25) is 0 Å². The highest BCUT2D eigenvalue weighted by atomic mass is 16.2. The fourth-order valence-electron chi connectivity index (χ4n) is 3.93. The molecule has 1 saturated heterocycles. The number of hydrogen-bond acceptors (Lipinski definition) is 4. The van der Waals surface area contributed by atoms with Crippen molar-refractivity contribution >= 4 is 11.7 Å². The van der Waals surface area contributed by atoms with Crippen molar-refractivity contribution in [1.29, 1.82) is 5.26 Å². The maximum absolute atomic E-state index is 13.1. The summed E-state index contributed by atoms with van der Waals surface area (Å²) in [4.78, 5) is 21.6. The van der Waals surface area contributed by atoms with E-state index in [4.69, 9.17) is 5.26 Å². The van der Waals surface area contributed by atoms with Gasteiger partial charge in [0.2, 0.25) is 5.91 Å². The summed E-state index contributed by atoms with van der Waals surface area (Å²) in [5, 5.41) is 8.92. The lowest BCUT2D eigenvalue weighted by molar-refractivity contribution is -0.131. The number of rotatable bonds is 5. The first kappa shape index (κ1) is 19.7. The highest BCUT2D eigenvalue weighted by Crippen LogP contribution is 2.29. The van der Waals surface area contributed by atoms with E-state index in [1.165, 1.54) is 0 Å². The zero-order valence-electron chi connectivity index (χ0n) is 16.8. The molecule has 0 N–H and O–H groups in total. The Morgan fingerprint density at radius 3 is 2.00 bits per heavy atom. The minimum Gasteiger partial charge on any atom is -0.353 e. The van der Waals surface area contributed by atoms with Gasteiger partial charge in [0.1, 0.15) is 11.9 Å². The van der Waals surface area contributed by atoms with Gasteiger partial charge in [0.05, 0.1) is 5.56 Å². The predicted molar refractivity (Wildman–Crippen MR) is 117 cm³/mol. The molecule has 0 atom stereocenters. The van der Waals surface area contributed by atoms with Crippen molar-refractivity contribution in [3.8, 4) is 6.07 Å². The number of benzene rings is 2. The van der Waals surface area contributed by atoms with E-state index in [9.17, 15) is 4.79 Å². The third kappa shape index (κ3) is 4.49. The topological polar surface area (TPSA) is 60.2 Å². The van der Waals surface area contributed by atoms with E-state index in [0.29, 0.717) is 25.1 Å². The fourth-order valence-corrected chi connectivity index (χ4v) is 3.93. The van der Waals surface area contributed by atoms with Crippen LogP contribution in [0.25, 0.3) is 0 Å². The average molecular weight is 396 g/mol. The standard InChI is InChI=1S/C25H24N4O/c26-18-20-11-12-24(27-19-20)28-13-15-29(16-14-28)25(30)17-23(21-7-3-1-4-8-21)22-9-5-2-6-10-22/h1-12,19,23H,13-17H2. The number of anilines is 1. The van der Waals surface area contributed by atoms with Crippen molar-refractivity contribution in [2.45, 2.75) is 12.3 Å². The number of carbonyl (C=O) groups excluding carboxylic acids is 1. The molecule has 3 aromatic rings. The third-order valence-corrected chi connectivity index (χ3v) is 5.62. The van der Waals surface area contributed by atoms with E-state index in [1.807, 2.05) is 47.4 Å². The van der Waals surface area contributed by atoms with Gasteiger partial charge in [-0.25, -0.2) is 4.98 Å². The van der Waals surface area contributed by atoms with Gasteiger partial charge in [0.15, 0.2) is 0 Å². The lowest BCUT2D eigenvalue weighted by Crippen LogP contribution is -2.49. The molecular weight excluding hydrogens is 372 g/mol. The molecule has 1 fully saturated rings. The summed E-state index contributed by atoms with van der Waals surface area (Å²) in [6, 6.07) is 26.2. The lowest BCUT2D eigenvalue weighted by atomic mass is 9.88. The maximum Gasteiger partial charge on any atom is 0.223 e. The molecule has 2 heterocycles. The molecule has 1 aromatic heterocycles. The molecule has 1 aliphatic heterocycles. The Morgan fingerprint density at radius 1 is 0.900 bits per heavy atom. The van der Waals surface area contributed by atoms with Crippen molar-refractivity contribution in [3.05, 3.63) is 95.7 Å². The molecule has 30 heavy (non-hydrogen) atoms. The Hall–Kier alpha value is -3.65. The van der Waals surface area contributed by atoms with Crippen molar-refractivity contribution in [2.75, 3.05) is 31.1 Å². The number of piperazine rings is 1. The third-order valence-electron chi connectivity index (χ3n) is 5.62. The van der Waals surface area contributed by atoms with Gasteiger partial charge in [-0.05, 0) is 23.3 Å². The maximum atomic E-state index is 13.1. The van der Waals surface area contributed by atoms with Crippen LogP contribution >= 0.6 is 0 Å². The van der Waals surface area contributed by atoms with Crippen molar-refractivity contribution in [1.82, 2.24) is 9.88 Å². The Morgan fingerprint density at radius 2 is 1.50 bits per heavy atom. The number of carbonyl (C=O) groups is 1. The van der Waals surface area contributed by atoms with Gasteiger partial charge in [0.25, 0.3) is 0 Å². The number of pyridine rings is 1. The molecule has 150 valence electrons. The van der Waals surface area contributed by atoms with Crippen LogP contribution in [0.3, 0.4) is 0 Å². The molecular formula is C25H24N4O. The van der Waals surface area contributed by atoms with Gasteiger partial charge >= 0.3 is 0 Å². The van der Waals surface area contributed by atoms with Crippen LogP contribution in [-0.2, 0) is 4.79 Å². The first-order chi connectivity index (χ1) is 14.7. The summed E-state index contributed by atoms with van der Waals surface area (Å²) >= 11 is 0. The average Bonchev–Trinajstić information content (AvgIpc) is 2.83. The summed E-state index contributed by atoms with van der Waals surface area (Å²) in [5.41, 5.74) is 2.88. The van der Waals surface area contributed by atoms with E-state index in [1.54, 1.807) is 12.3 Å². The van der Waals surface area contributed by atoms with Gasteiger partial charge in [-0.3, -0.25) is 4.79 Å². The molecule has 5 nitrogen and oxygen atoms in total. The van der Waals surface area contributed by atoms with E-state index in [2.05, 4.69) is 40.2 Å². The van der Waals surface area contributed by atoms with Crippen LogP contribution in [0.15, 0.2) is 79.0 Å². The van der Waals surface area contributed by atoms with Gasteiger partial charge in [-0.2, -0.15) is 5.26 Å². The second-order valence-corrected chi connectivity index (χ2v) is 7.46. The summed E-state index contributed by atoms with van der Waals surface area (Å²) in [6.45, 7) is 2.84. The van der Waals surface area contributed by atoms with Crippen molar-refractivity contribution < 1.29 is 4.79 Å². The molecule has 2 aromatic carbocycles. The van der Waals surface area contributed by atoms with Gasteiger partial charge in [0, 0.05) is 44.7 Å². The SMILES string of the molecule is N#Cc1ccc(N2CCN(C(=O)CC(c3ccccc3)c3ccccc3)CC2)nc1. The molecule has 0 bridgehead atoms. The van der Waals surface area contributed by atoms with E-state index < -0.39 is 0 Å². The Bertz CT molecular complexity index is 965. The second kappa shape index (κ2) is 9.23. The first-order valence-electron chi connectivity index (χ1n) is 10.2. The first-order valence-corrected chi connectivity index (χ1v) is 10.2. The molecule has 1 amide bonds. The van der Waals surface area contributed by atoms with Crippen LogP contribution in [0.5, 0.6) is 0 Å². The highest BCUT2D eigenvalue weighted by molar-refractivity contribution is 5.78. The number of aromatic nitrogens is 1. The Balaban J connectivity index is 1.42. The molecule has 0 aliphatic carbocycles. The van der Waals surface area contributed by atoms with Crippen LogP contribution < -0.4 is 4.90 Å². The van der Waals surface area contributed by atoms with E-state index in [0.717, 1.165) is 30.0 Å². The Kier molecular flexibility index (Phi) is 6.05. The molecule has 5 heteroatoms. The van der Waals surface area contributed by atoms with Crippen LogP contribution in [-0.4, -0.2) is 42.0 Å².